The van der Waals surface area contributed by atoms with Gasteiger partial charge in [-0.3, -0.25) is 18.5 Å². The average Bonchev–Trinajstić information content (AvgIpc) is 3.06. The number of anilines is 1. The van der Waals surface area contributed by atoms with Gasteiger partial charge in [0.25, 0.3) is 5.56 Å². The zero-order valence-electron chi connectivity index (χ0n) is 15.2. The lowest BCUT2D eigenvalue weighted by molar-refractivity contribution is 0.700. The van der Waals surface area contributed by atoms with Crippen LogP contribution in [0.15, 0.2) is 33.9 Å². The van der Waals surface area contributed by atoms with Gasteiger partial charge in [0.2, 0.25) is 5.95 Å². The van der Waals surface area contributed by atoms with Gasteiger partial charge in [-0.1, -0.05) is 23.7 Å². The molecule has 27 heavy (non-hydrogen) atoms. The second-order valence-corrected chi connectivity index (χ2v) is 8.26. The highest BCUT2D eigenvalue weighted by atomic mass is 35.5. The standard InChI is InChI=1S/C18H20ClN5O2S/c1-21-15-14(16(25)22(2)18(21)26)24(11-12-3-5-13(19)6-4-12)17(20-15)23-7-9-27-10-8-23/h3-6H,7-11H2,1-2H3. The van der Waals surface area contributed by atoms with Crippen LogP contribution in [0.25, 0.3) is 11.2 Å². The molecule has 0 N–H and O–H groups in total. The molecule has 142 valence electrons. The summed E-state index contributed by atoms with van der Waals surface area (Å²) in [6, 6.07) is 7.55. The fourth-order valence-electron chi connectivity index (χ4n) is 3.36. The number of imidazole rings is 1. The minimum atomic E-state index is -0.371. The van der Waals surface area contributed by atoms with Crippen molar-refractivity contribution in [1.29, 1.82) is 0 Å². The molecule has 0 spiro atoms. The van der Waals surface area contributed by atoms with Crippen LogP contribution in [0.4, 0.5) is 5.95 Å². The molecule has 7 nitrogen and oxygen atoms in total. The van der Waals surface area contributed by atoms with Crippen LogP contribution in [0.5, 0.6) is 0 Å². The van der Waals surface area contributed by atoms with Gasteiger partial charge in [-0.25, -0.2) is 4.79 Å². The van der Waals surface area contributed by atoms with Crippen LogP contribution in [-0.4, -0.2) is 43.3 Å². The maximum absolute atomic E-state index is 12.9. The lowest BCUT2D eigenvalue weighted by atomic mass is 10.2. The van der Waals surface area contributed by atoms with Gasteiger partial charge in [0, 0.05) is 43.7 Å². The monoisotopic (exact) mass is 405 g/mol. The number of fused-ring (bicyclic) bond motifs is 1. The third-order valence-corrected chi connectivity index (χ3v) is 6.07. The van der Waals surface area contributed by atoms with Crippen molar-refractivity contribution in [3.05, 3.63) is 55.7 Å². The molecule has 3 aromatic rings. The number of aryl methyl sites for hydroxylation is 1. The number of halogens is 1. The molecule has 9 heteroatoms. The predicted octanol–water partition coefficient (Wildman–Crippen LogP) is 1.69. The van der Waals surface area contributed by atoms with Gasteiger partial charge in [0.1, 0.15) is 0 Å². The number of benzene rings is 1. The second-order valence-electron chi connectivity index (χ2n) is 6.60. The van der Waals surface area contributed by atoms with E-state index in [1.165, 1.54) is 11.6 Å². The second kappa shape index (κ2) is 7.09. The van der Waals surface area contributed by atoms with E-state index in [9.17, 15) is 9.59 Å². The first-order valence-electron chi connectivity index (χ1n) is 8.71. The van der Waals surface area contributed by atoms with Crippen LogP contribution in [0.3, 0.4) is 0 Å². The highest BCUT2D eigenvalue weighted by Crippen LogP contribution is 2.24. The quantitative estimate of drug-likeness (QED) is 0.663. The fourth-order valence-corrected chi connectivity index (χ4v) is 4.39. The van der Waals surface area contributed by atoms with E-state index < -0.39 is 0 Å². The summed E-state index contributed by atoms with van der Waals surface area (Å²) >= 11 is 7.91. The summed E-state index contributed by atoms with van der Waals surface area (Å²) in [4.78, 5) is 32.2. The molecule has 1 saturated heterocycles. The van der Waals surface area contributed by atoms with E-state index in [1.807, 2.05) is 40.6 Å². The summed E-state index contributed by atoms with van der Waals surface area (Å²) in [5.41, 5.74) is 1.19. The smallest absolute Gasteiger partial charge is 0.332 e. The predicted molar refractivity (Wildman–Crippen MR) is 110 cm³/mol. The van der Waals surface area contributed by atoms with Gasteiger partial charge in [0.15, 0.2) is 11.2 Å². The van der Waals surface area contributed by atoms with Crippen LogP contribution < -0.4 is 16.1 Å². The zero-order chi connectivity index (χ0) is 19.1. The molecule has 0 amide bonds. The summed E-state index contributed by atoms with van der Waals surface area (Å²) in [5, 5.41) is 0.667. The van der Waals surface area contributed by atoms with Gasteiger partial charge >= 0.3 is 5.69 Å². The topological polar surface area (TPSA) is 65.1 Å². The highest BCUT2D eigenvalue weighted by Gasteiger charge is 2.24. The third kappa shape index (κ3) is 3.17. The Balaban J connectivity index is 1.95. The first kappa shape index (κ1) is 18.2. The lowest BCUT2D eigenvalue weighted by Gasteiger charge is -2.28. The Labute approximate surface area is 165 Å². The summed E-state index contributed by atoms with van der Waals surface area (Å²) in [5.74, 6) is 2.76. The van der Waals surface area contributed by atoms with Gasteiger partial charge in [0.05, 0.1) is 6.54 Å². The summed E-state index contributed by atoms with van der Waals surface area (Å²) in [6.45, 7) is 2.21. The Bertz CT molecular complexity index is 1110. The highest BCUT2D eigenvalue weighted by molar-refractivity contribution is 7.99. The molecule has 2 aromatic heterocycles. The van der Waals surface area contributed by atoms with Crippen molar-refractivity contribution in [2.24, 2.45) is 14.1 Å². The van der Waals surface area contributed by atoms with Crippen LogP contribution in [0, 0.1) is 0 Å². The van der Waals surface area contributed by atoms with Gasteiger partial charge < -0.3 is 4.90 Å². The van der Waals surface area contributed by atoms with Crippen LogP contribution >= 0.6 is 23.4 Å². The molecule has 1 aromatic carbocycles. The average molecular weight is 406 g/mol. The number of hydrogen-bond acceptors (Lipinski definition) is 5. The number of hydrogen-bond donors (Lipinski definition) is 0. The number of rotatable bonds is 3. The van der Waals surface area contributed by atoms with Gasteiger partial charge in [-0.05, 0) is 17.7 Å². The fraction of sp³-hybridized carbons (Fsp3) is 0.389. The summed E-state index contributed by atoms with van der Waals surface area (Å²) in [6.07, 6.45) is 0. The minimum Gasteiger partial charge on any atom is -0.341 e. The Hall–Kier alpha value is -2.19. The van der Waals surface area contributed by atoms with E-state index in [-0.39, 0.29) is 11.2 Å². The Morgan fingerprint density at radius 2 is 1.74 bits per heavy atom. The van der Waals surface area contributed by atoms with E-state index in [2.05, 4.69) is 4.90 Å². The van der Waals surface area contributed by atoms with Gasteiger partial charge in [-0.2, -0.15) is 16.7 Å². The van der Waals surface area contributed by atoms with E-state index in [0.29, 0.717) is 22.7 Å². The van der Waals surface area contributed by atoms with Crippen molar-refractivity contribution in [1.82, 2.24) is 18.7 Å². The van der Waals surface area contributed by atoms with Crippen molar-refractivity contribution in [3.8, 4) is 0 Å². The molecule has 0 aliphatic carbocycles. The number of aromatic nitrogens is 4. The normalized spacial score (nSPS) is 14.9. The van der Waals surface area contributed by atoms with Crippen molar-refractivity contribution >= 4 is 40.5 Å². The number of thioether (sulfide) groups is 1. The minimum absolute atomic E-state index is 0.327. The lowest BCUT2D eigenvalue weighted by Crippen LogP contribution is -2.38. The first-order chi connectivity index (χ1) is 13.0. The van der Waals surface area contributed by atoms with Crippen molar-refractivity contribution < 1.29 is 0 Å². The molecule has 1 fully saturated rings. The molecule has 0 unspecified atom stereocenters. The first-order valence-corrected chi connectivity index (χ1v) is 10.2. The Morgan fingerprint density at radius 1 is 1.07 bits per heavy atom. The maximum Gasteiger partial charge on any atom is 0.332 e. The number of nitrogens with zero attached hydrogens (tertiary/aromatic N) is 5. The molecule has 1 aliphatic rings. The molecular formula is C18H20ClN5O2S. The Kier molecular flexibility index (Phi) is 4.77. The maximum atomic E-state index is 12.9. The Morgan fingerprint density at radius 3 is 2.41 bits per heavy atom. The molecule has 3 heterocycles. The molecule has 0 radical (unpaired) electrons. The molecule has 0 bridgehead atoms. The third-order valence-electron chi connectivity index (χ3n) is 4.88. The van der Waals surface area contributed by atoms with Crippen molar-refractivity contribution in [3.63, 3.8) is 0 Å². The van der Waals surface area contributed by atoms with Crippen LogP contribution in [0.2, 0.25) is 5.02 Å². The summed E-state index contributed by atoms with van der Waals surface area (Å²) < 4.78 is 4.51. The zero-order valence-corrected chi connectivity index (χ0v) is 16.8. The molecule has 1 aliphatic heterocycles. The molecular weight excluding hydrogens is 386 g/mol. The molecule has 4 rings (SSSR count). The van der Waals surface area contributed by atoms with E-state index in [0.717, 1.165) is 40.7 Å². The van der Waals surface area contributed by atoms with Crippen LogP contribution in [0.1, 0.15) is 5.56 Å². The van der Waals surface area contributed by atoms with E-state index in [4.69, 9.17) is 16.6 Å². The van der Waals surface area contributed by atoms with E-state index in [1.54, 1.807) is 7.05 Å². The van der Waals surface area contributed by atoms with Crippen molar-refractivity contribution in [2.45, 2.75) is 6.54 Å². The summed E-state index contributed by atoms with van der Waals surface area (Å²) in [7, 11) is 3.15. The molecule has 0 saturated carbocycles. The largest absolute Gasteiger partial charge is 0.341 e. The van der Waals surface area contributed by atoms with Crippen molar-refractivity contribution in [2.75, 3.05) is 29.5 Å². The molecule has 0 atom stereocenters. The van der Waals surface area contributed by atoms with E-state index >= 15 is 0 Å². The SMILES string of the molecule is Cn1c(=O)c2c(nc(N3CCSCC3)n2Cc2ccc(Cl)cc2)n(C)c1=O. The van der Waals surface area contributed by atoms with Gasteiger partial charge in [-0.15, -0.1) is 0 Å². The van der Waals surface area contributed by atoms with Crippen LogP contribution in [-0.2, 0) is 20.6 Å².